The highest BCUT2D eigenvalue weighted by molar-refractivity contribution is 9.10. The summed E-state index contributed by atoms with van der Waals surface area (Å²) in [7, 11) is 0. The van der Waals surface area contributed by atoms with E-state index in [2.05, 4.69) is 72.9 Å². The van der Waals surface area contributed by atoms with Gasteiger partial charge in [0.15, 0.2) is 0 Å². The zero-order valence-electron chi connectivity index (χ0n) is 17.1. The first kappa shape index (κ1) is 17.3. The summed E-state index contributed by atoms with van der Waals surface area (Å²) >= 11 is 3.84. The Morgan fingerprint density at radius 1 is 1.18 bits per heavy atom. The van der Waals surface area contributed by atoms with E-state index in [1.807, 2.05) is 0 Å². The van der Waals surface area contributed by atoms with Crippen LogP contribution in [0.4, 0.5) is 0 Å². The molecule has 3 aliphatic rings. The number of nitrogens with one attached hydrogen (secondary N) is 1. The largest absolute Gasteiger partial charge is 0.338 e. The Morgan fingerprint density at radius 2 is 2.00 bits per heavy atom. The number of H-pyrrole nitrogens is 1. The maximum atomic E-state index is 5.14. The van der Waals surface area contributed by atoms with Gasteiger partial charge in [-0.1, -0.05) is 49.7 Å². The van der Waals surface area contributed by atoms with Crippen LogP contribution in [0.1, 0.15) is 87.5 Å². The zero-order chi connectivity index (χ0) is 19.4. The minimum Gasteiger partial charge on any atom is -0.338 e. The van der Waals surface area contributed by atoms with E-state index in [-0.39, 0.29) is 0 Å². The van der Waals surface area contributed by atoms with E-state index in [1.165, 1.54) is 52.4 Å². The summed E-state index contributed by atoms with van der Waals surface area (Å²) in [5.74, 6) is 1.99. The first-order valence-corrected chi connectivity index (χ1v) is 11.5. The van der Waals surface area contributed by atoms with Crippen LogP contribution in [0, 0.1) is 0 Å². The smallest absolute Gasteiger partial charge is 0.139 e. The fourth-order valence-corrected chi connectivity index (χ4v) is 7.63. The second-order valence-electron chi connectivity index (χ2n) is 10.2. The number of aromatic nitrogens is 2. The third-order valence-corrected chi connectivity index (χ3v) is 8.68. The molecule has 3 heteroatoms. The van der Waals surface area contributed by atoms with Crippen molar-refractivity contribution in [1.82, 2.24) is 9.97 Å². The molecule has 1 spiro atoms. The van der Waals surface area contributed by atoms with Crippen molar-refractivity contribution in [2.24, 2.45) is 0 Å². The Bertz CT molecular complexity index is 1160. The predicted octanol–water partition coefficient (Wildman–Crippen LogP) is 7.32. The summed E-state index contributed by atoms with van der Waals surface area (Å²) in [5, 5.41) is 0. The van der Waals surface area contributed by atoms with Crippen molar-refractivity contribution < 1.29 is 0 Å². The van der Waals surface area contributed by atoms with Crippen LogP contribution in [0.3, 0.4) is 0 Å². The van der Waals surface area contributed by atoms with Gasteiger partial charge in [-0.15, -0.1) is 0 Å². The van der Waals surface area contributed by atoms with Crippen molar-refractivity contribution in [1.29, 1.82) is 0 Å². The summed E-state index contributed by atoms with van der Waals surface area (Å²) in [6.07, 6.45) is 5.20. The molecule has 2 aliphatic carbocycles. The van der Waals surface area contributed by atoms with Crippen LogP contribution in [0.5, 0.6) is 0 Å². The van der Waals surface area contributed by atoms with Crippen LogP contribution in [-0.4, -0.2) is 9.97 Å². The maximum Gasteiger partial charge on any atom is 0.139 e. The van der Waals surface area contributed by atoms with Crippen molar-refractivity contribution in [3.63, 3.8) is 0 Å². The fourth-order valence-electron chi connectivity index (χ4n) is 6.84. The molecular weight excluding hydrogens is 408 g/mol. The first-order chi connectivity index (χ1) is 13.3. The van der Waals surface area contributed by atoms with E-state index in [9.17, 15) is 0 Å². The number of hydrogen-bond donors (Lipinski definition) is 1. The predicted molar refractivity (Wildman–Crippen MR) is 119 cm³/mol. The Labute approximate surface area is 175 Å². The molecule has 28 heavy (non-hydrogen) atoms. The molecule has 3 atom stereocenters. The van der Waals surface area contributed by atoms with E-state index in [1.54, 1.807) is 11.1 Å². The van der Waals surface area contributed by atoms with E-state index in [4.69, 9.17) is 4.98 Å². The molecular formula is C25H27BrN2. The Hall–Kier alpha value is -1.61. The highest BCUT2D eigenvalue weighted by Crippen LogP contribution is 2.64. The average molecular weight is 435 g/mol. The molecule has 5 bridgehead atoms. The van der Waals surface area contributed by atoms with Gasteiger partial charge in [-0.05, 0) is 88.8 Å². The standard InChI is InChI=1S/C25H27BrN2/c1-13(2)21-18(26)6-5-15-14(3)11-25-8-7-24(4,12-25)16-9-19-20(10-17(16)25)28-23(27-19)22(15)21/h5-6,9-10,13-14H,7-8,11-12H2,1-4H3,(H,27,28). The molecule has 2 heterocycles. The van der Waals surface area contributed by atoms with Crippen molar-refractivity contribution in [3.05, 3.63) is 51.0 Å². The van der Waals surface area contributed by atoms with Crippen molar-refractivity contribution in [3.8, 4) is 11.4 Å². The van der Waals surface area contributed by atoms with Gasteiger partial charge in [0.2, 0.25) is 0 Å². The minimum atomic E-state index is 0.336. The van der Waals surface area contributed by atoms with E-state index >= 15 is 0 Å². The van der Waals surface area contributed by atoms with Crippen molar-refractivity contribution in [2.75, 3.05) is 0 Å². The monoisotopic (exact) mass is 434 g/mol. The molecule has 144 valence electrons. The quantitative estimate of drug-likeness (QED) is 0.426. The lowest BCUT2D eigenvalue weighted by atomic mass is 9.71. The molecule has 1 saturated carbocycles. The van der Waals surface area contributed by atoms with Crippen LogP contribution in [0.15, 0.2) is 28.7 Å². The average Bonchev–Trinajstić information content (AvgIpc) is 3.26. The molecule has 1 fully saturated rings. The molecule has 6 rings (SSSR count). The lowest BCUT2D eigenvalue weighted by Gasteiger charge is -2.33. The second-order valence-corrected chi connectivity index (χ2v) is 11.1. The van der Waals surface area contributed by atoms with Crippen LogP contribution in [0.25, 0.3) is 22.4 Å². The van der Waals surface area contributed by atoms with Gasteiger partial charge in [0.05, 0.1) is 11.0 Å². The fraction of sp³-hybridized carbons (Fsp3) is 0.480. The van der Waals surface area contributed by atoms with Crippen LogP contribution < -0.4 is 0 Å². The lowest BCUT2D eigenvalue weighted by Crippen LogP contribution is -2.24. The molecule has 0 saturated heterocycles. The third kappa shape index (κ3) is 2.01. The number of benzene rings is 2. The number of rotatable bonds is 1. The number of hydrogen-bond acceptors (Lipinski definition) is 1. The maximum absolute atomic E-state index is 5.14. The number of aromatic amines is 1. The SMILES string of the molecule is CC(C)c1c(Br)ccc2c1-c1nc3cc4c(cc3[nH]1)C1(CCC4(C)C1)CC2C. The summed E-state index contributed by atoms with van der Waals surface area (Å²) in [5.41, 5.74) is 10.4. The molecule has 3 aromatic rings. The topological polar surface area (TPSA) is 28.7 Å². The lowest BCUT2D eigenvalue weighted by molar-refractivity contribution is 0.380. The summed E-state index contributed by atoms with van der Waals surface area (Å²) in [6, 6.07) is 9.46. The van der Waals surface area contributed by atoms with Gasteiger partial charge in [-0.3, -0.25) is 0 Å². The van der Waals surface area contributed by atoms with Gasteiger partial charge in [0, 0.05) is 10.0 Å². The Morgan fingerprint density at radius 3 is 2.79 bits per heavy atom. The minimum absolute atomic E-state index is 0.336. The van der Waals surface area contributed by atoms with Gasteiger partial charge < -0.3 is 4.98 Å². The number of fused-ring (bicyclic) bond motifs is 5. The third-order valence-electron chi connectivity index (χ3n) is 7.99. The molecule has 0 radical (unpaired) electrons. The zero-order valence-corrected chi connectivity index (χ0v) is 18.7. The molecule has 2 aromatic carbocycles. The Balaban J connectivity index is 1.74. The number of imidazole rings is 1. The van der Waals surface area contributed by atoms with Crippen LogP contribution in [0.2, 0.25) is 0 Å². The number of halogens is 1. The molecule has 3 unspecified atom stereocenters. The summed E-state index contributed by atoms with van der Waals surface area (Å²) < 4.78 is 1.20. The van der Waals surface area contributed by atoms with Crippen LogP contribution >= 0.6 is 15.9 Å². The molecule has 2 nitrogen and oxygen atoms in total. The highest BCUT2D eigenvalue weighted by atomic mass is 79.9. The van der Waals surface area contributed by atoms with Gasteiger partial charge >= 0.3 is 0 Å². The van der Waals surface area contributed by atoms with Crippen LogP contribution in [-0.2, 0) is 10.8 Å². The van der Waals surface area contributed by atoms with E-state index < -0.39 is 0 Å². The highest BCUT2D eigenvalue weighted by Gasteiger charge is 2.56. The summed E-state index contributed by atoms with van der Waals surface area (Å²) in [6.45, 7) is 9.49. The van der Waals surface area contributed by atoms with Gasteiger partial charge in [-0.25, -0.2) is 4.98 Å². The van der Waals surface area contributed by atoms with Crippen molar-refractivity contribution >= 4 is 27.0 Å². The Kier molecular flexibility index (Phi) is 3.27. The van der Waals surface area contributed by atoms with Gasteiger partial charge in [0.1, 0.15) is 5.82 Å². The van der Waals surface area contributed by atoms with Gasteiger partial charge in [0.25, 0.3) is 0 Å². The second kappa shape index (κ2) is 5.30. The normalized spacial score (nSPS) is 30.0. The van der Waals surface area contributed by atoms with E-state index in [0.717, 1.165) is 11.3 Å². The number of nitrogens with zero attached hydrogens (tertiary/aromatic N) is 1. The summed E-state index contributed by atoms with van der Waals surface area (Å²) in [4.78, 5) is 8.86. The molecule has 1 N–H and O–H groups in total. The molecule has 1 aliphatic heterocycles. The van der Waals surface area contributed by atoms with Gasteiger partial charge in [-0.2, -0.15) is 0 Å². The first-order valence-electron chi connectivity index (χ1n) is 10.7. The molecule has 0 amide bonds. The van der Waals surface area contributed by atoms with E-state index in [0.29, 0.717) is 22.7 Å². The van der Waals surface area contributed by atoms with Crippen molar-refractivity contribution in [2.45, 2.75) is 76.0 Å². The molecule has 1 aromatic heterocycles.